The van der Waals surface area contributed by atoms with Crippen LogP contribution >= 0.6 is 0 Å². The van der Waals surface area contributed by atoms with E-state index in [4.69, 9.17) is 37.3 Å². The number of nitrogens with two attached hydrogens (primary N) is 2. The van der Waals surface area contributed by atoms with E-state index in [2.05, 4.69) is 66.0 Å². The average Bonchev–Trinajstić information content (AvgIpc) is 2.05. The minimum Gasteiger partial charge on any atom is -0.342 e. The maximum Gasteiger partial charge on any atom is 0.0803 e. The van der Waals surface area contributed by atoms with Crippen molar-refractivity contribution in [2.24, 2.45) is 0 Å². The molecule has 0 heterocycles. The summed E-state index contributed by atoms with van der Waals surface area (Å²) in [5.74, 6) is 0. The Kier molecular flexibility index (Phi) is 22.1. The molecule has 0 saturated heterocycles. The Morgan fingerprint density at radius 2 is 0.500 bits per heavy atom. The van der Waals surface area contributed by atoms with E-state index in [1.807, 2.05) is 0 Å². The van der Waals surface area contributed by atoms with Crippen molar-refractivity contribution in [3.8, 4) is 0 Å². The highest BCUT2D eigenvalue weighted by atomic mass is 35.7. The molecule has 10 nitrogen and oxygen atoms in total. The zero-order chi connectivity index (χ0) is 20.7. The molecule has 0 rings (SSSR count). The molecule has 0 spiro atoms. The zero-order valence-electron chi connectivity index (χ0n) is 15.5. The number of halogens is 2. The van der Waals surface area contributed by atoms with Gasteiger partial charge in [-0.2, -0.15) is 0 Å². The third-order valence-electron chi connectivity index (χ3n) is 1.54. The van der Waals surface area contributed by atoms with Gasteiger partial charge in [-0.15, -0.1) is 20.5 Å². The van der Waals surface area contributed by atoms with Gasteiger partial charge in [0, 0.05) is 0 Å². The molecule has 24 heavy (non-hydrogen) atoms. The molecule has 0 aliphatic rings. The highest BCUT2D eigenvalue weighted by Crippen LogP contribution is 1.68. The van der Waals surface area contributed by atoms with Gasteiger partial charge in [0.1, 0.15) is 0 Å². The normalized spacial score (nSPS) is 11.5. The van der Waals surface area contributed by atoms with Gasteiger partial charge >= 0.3 is 0 Å². The second kappa shape index (κ2) is 16.6. The lowest BCUT2D eigenvalue weighted by molar-refractivity contribution is -2.00. The van der Waals surface area contributed by atoms with Gasteiger partial charge in [0.2, 0.25) is 0 Å². The van der Waals surface area contributed by atoms with Gasteiger partial charge in [0.15, 0.2) is 0 Å². The fourth-order valence-electron chi connectivity index (χ4n) is 1.54. The van der Waals surface area contributed by atoms with E-state index in [0.29, 0.717) is 0 Å². The molecule has 0 aromatic carbocycles. The van der Waals surface area contributed by atoms with Gasteiger partial charge in [0.05, 0.1) is 24.2 Å². The Balaban J connectivity index is -0.000000113. The van der Waals surface area contributed by atoms with Crippen LogP contribution in [0.5, 0.6) is 0 Å². The van der Waals surface area contributed by atoms with Crippen molar-refractivity contribution < 1.29 is 68.4 Å². The number of quaternary nitrogens is 2. The van der Waals surface area contributed by atoms with Crippen molar-refractivity contribution in [2.45, 2.75) is 79.6 Å². The van der Waals surface area contributed by atoms with Crippen LogP contribution in [0, 0.1) is 20.5 Å². The molecule has 4 N–H and O–H groups in total. The summed E-state index contributed by atoms with van der Waals surface area (Å²) < 4.78 is 67.9. The monoisotopic (exact) mass is 402 g/mol. The summed E-state index contributed by atoms with van der Waals surface area (Å²) in [4.78, 5) is 0. The highest BCUT2D eigenvalue weighted by molar-refractivity contribution is 4.32. The van der Waals surface area contributed by atoms with Crippen LogP contribution in [0.25, 0.3) is 0 Å². The van der Waals surface area contributed by atoms with Crippen molar-refractivity contribution in [3.63, 3.8) is 0 Å². The predicted octanol–water partition coefficient (Wildman–Crippen LogP) is -8.78. The molecule has 0 aliphatic heterocycles. The van der Waals surface area contributed by atoms with Crippen molar-refractivity contribution in [1.29, 1.82) is 0 Å². The Hall–Kier alpha value is 0.180. The Labute approximate surface area is 148 Å². The van der Waals surface area contributed by atoms with Gasteiger partial charge in [-0.25, -0.2) is 37.3 Å². The van der Waals surface area contributed by atoms with Crippen LogP contribution in [0.4, 0.5) is 0 Å². The summed E-state index contributed by atoms with van der Waals surface area (Å²) in [6, 6.07) is 3.00. The van der Waals surface area contributed by atoms with Crippen LogP contribution in [-0.2, 0) is 0 Å². The van der Waals surface area contributed by atoms with Crippen molar-refractivity contribution in [2.75, 3.05) is 0 Å². The summed E-state index contributed by atoms with van der Waals surface area (Å²) in [5.41, 5.74) is 0. The maximum atomic E-state index is 8.49. The summed E-state index contributed by atoms with van der Waals surface area (Å²) >= 11 is 0. The first-order valence-corrected chi connectivity index (χ1v) is 9.66. The van der Waals surface area contributed by atoms with Gasteiger partial charge < -0.3 is 10.6 Å². The topological polar surface area (TPSA) is 218 Å². The Bertz CT molecular complexity index is 206. The van der Waals surface area contributed by atoms with Crippen LogP contribution in [0.2, 0.25) is 0 Å². The highest BCUT2D eigenvalue weighted by Gasteiger charge is 1.97. The van der Waals surface area contributed by atoms with E-state index < -0.39 is 20.5 Å². The van der Waals surface area contributed by atoms with Crippen molar-refractivity contribution >= 4 is 0 Å². The SMILES string of the molecule is CC(C)[NH2+]C(C)C.CC(C)[NH2+]C(C)C.[O-][Cl+3]([O-])([O-])[O-].[O-][Cl+3]([O-])([O-])[O-]. The lowest BCUT2D eigenvalue weighted by atomic mass is 10.3. The molecule has 0 radical (unpaired) electrons. The second-order valence-electron chi connectivity index (χ2n) is 6.12. The predicted molar refractivity (Wildman–Crippen MR) is 64.4 cm³/mol. The molecule has 152 valence electrons. The summed E-state index contributed by atoms with van der Waals surface area (Å²) in [7, 11) is -9.89. The minimum atomic E-state index is -4.94. The van der Waals surface area contributed by atoms with E-state index in [-0.39, 0.29) is 0 Å². The van der Waals surface area contributed by atoms with E-state index in [1.165, 1.54) is 0 Å². The lowest BCUT2D eigenvalue weighted by Gasteiger charge is -2.17. The number of rotatable bonds is 4. The van der Waals surface area contributed by atoms with Crippen LogP contribution in [0.3, 0.4) is 0 Å². The molecule has 0 atom stereocenters. The first-order chi connectivity index (χ1) is 10.3. The minimum absolute atomic E-state index is 0.750. The number of hydrogen-bond acceptors (Lipinski definition) is 8. The quantitative estimate of drug-likeness (QED) is 0.458. The molecule has 0 aromatic rings. The van der Waals surface area contributed by atoms with Crippen molar-refractivity contribution in [1.82, 2.24) is 0 Å². The lowest BCUT2D eigenvalue weighted by Crippen LogP contribution is -2.92. The third-order valence-corrected chi connectivity index (χ3v) is 1.54. The molecule has 0 aliphatic carbocycles. The number of hydrogen-bond donors (Lipinski definition) is 2. The van der Waals surface area contributed by atoms with Crippen LogP contribution in [-0.4, -0.2) is 24.2 Å². The van der Waals surface area contributed by atoms with E-state index in [0.717, 1.165) is 24.2 Å². The Morgan fingerprint density at radius 3 is 0.500 bits per heavy atom. The molecule has 12 heteroatoms. The van der Waals surface area contributed by atoms with Gasteiger partial charge in [-0.05, 0) is 55.4 Å². The molecule has 0 unspecified atom stereocenters. The molecular formula is C12H32Cl2N2O8. The average molecular weight is 403 g/mol. The molecule has 0 bridgehead atoms. The summed E-state index contributed by atoms with van der Waals surface area (Å²) in [6.45, 7) is 17.7. The van der Waals surface area contributed by atoms with Gasteiger partial charge in [0.25, 0.3) is 0 Å². The van der Waals surface area contributed by atoms with E-state index in [9.17, 15) is 0 Å². The van der Waals surface area contributed by atoms with Crippen molar-refractivity contribution in [3.05, 3.63) is 0 Å². The van der Waals surface area contributed by atoms with Crippen LogP contribution in [0.15, 0.2) is 0 Å². The van der Waals surface area contributed by atoms with E-state index in [1.54, 1.807) is 0 Å². The molecule has 0 saturated carbocycles. The zero-order valence-corrected chi connectivity index (χ0v) is 17.0. The summed E-state index contributed by atoms with van der Waals surface area (Å²) in [6.07, 6.45) is 0. The van der Waals surface area contributed by atoms with Gasteiger partial charge in [-0.1, -0.05) is 0 Å². The molecule has 0 fully saturated rings. The fraction of sp³-hybridized carbons (Fsp3) is 1.00. The fourth-order valence-corrected chi connectivity index (χ4v) is 1.54. The summed E-state index contributed by atoms with van der Waals surface area (Å²) in [5, 5.41) is 4.67. The molecule has 0 aromatic heterocycles. The van der Waals surface area contributed by atoms with Crippen LogP contribution in [0.1, 0.15) is 55.4 Å². The molecular weight excluding hydrogens is 371 g/mol. The van der Waals surface area contributed by atoms with E-state index >= 15 is 0 Å². The second-order valence-corrected chi connectivity index (χ2v) is 7.63. The first-order valence-electron chi connectivity index (χ1n) is 7.19. The standard InChI is InChI=1S/2C6H15N.2ClHO4/c2*1-5(2)7-6(3)4;2*2-1(3,4)5/h2*5-7H,1-4H3;2*(H,2,3,4,5). The van der Waals surface area contributed by atoms with Crippen LogP contribution < -0.4 is 47.9 Å². The van der Waals surface area contributed by atoms with Gasteiger partial charge in [-0.3, -0.25) is 0 Å². The smallest absolute Gasteiger partial charge is 0.0803 e. The largest absolute Gasteiger partial charge is 0.342 e. The maximum absolute atomic E-state index is 8.49. The third kappa shape index (κ3) is 149. The Morgan fingerprint density at radius 1 is 0.417 bits per heavy atom. The molecule has 0 amide bonds. The first kappa shape index (κ1) is 31.9.